The fourth-order valence-corrected chi connectivity index (χ4v) is 1.77. The number of phenolic OH excluding ortho intramolecular Hbond substituents is 1. The SMILES string of the molecule is COc1cc(S(=O)(=O)Cl)cc([N+](=O)[O-])c1O. The number of phenols is 1. The van der Waals surface area contributed by atoms with Crippen LogP contribution in [0, 0.1) is 10.1 Å². The zero-order valence-electron chi connectivity index (χ0n) is 7.88. The Labute approximate surface area is 94.8 Å². The smallest absolute Gasteiger partial charge is 0.316 e. The molecule has 0 amide bonds. The Kier molecular flexibility index (Phi) is 3.24. The summed E-state index contributed by atoms with van der Waals surface area (Å²) in [6.45, 7) is 0. The number of halogens is 1. The molecule has 1 rings (SSSR count). The van der Waals surface area contributed by atoms with Crippen LogP contribution in [0.4, 0.5) is 5.69 Å². The van der Waals surface area contributed by atoms with Gasteiger partial charge in [-0.05, 0) is 0 Å². The van der Waals surface area contributed by atoms with Crippen molar-refractivity contribution in [2.24, 2.45) is 0 Å². The molecule has 0 aromatic heterocycles. The number of ether oxygens (including phenoxy) is 1. The lowest BCUT2D eigenvalue weighted by molar-refractivity contribution is -0.386. The number of benzene rings is 1. The van der Waals surface area contributed by atoms with Crippen molar-refractivity contribution in [2.75, 3.05) is 7.11 Å². The highest BCUT2D eigenvalue weighted by molar-refractivity contribution is 8.13. The molecule has 1 aromatic carbocycles. The first-order chi connectivity index (χ1) is 7.27. The molecule has 7 nitrogen and oxygen atoms in total. The van der Waals surface area contributed by atoms with Gasteiger partial charge in [-0.2, -0.15) is 0 Å². The van der Waals surface area contributed by atoms with Gasteiger partial charge in [-0.25, -0.2) is 8.42 Å². The molecular weight excluding hydrogens is 262 g/mol. The third-order valence-electron chi connectivity index (χ3n) is 1.73. The number of nitro benzene ring substituents is 1. The molecule has 9 heteroatoms. The summed E-state index contributed by atoms with van der Waals surface area (Å²) in [4.78, 5) is 9.06. The van der Waals surface area contributed by atoms with Crippen LogP contribution in [0.1, 0.15) is 0 Å². The summed E-state index contributed by atoms with van der Waals surface area (Å²) in [6.07, 6.45) is 0. The van der Waals surface area contributed by atoms with E-state index in [1.54, 1.807) is 0 Å². The van der Waals surface area contributed by atoms with Crippen molar-refractivity contribution in [2.45, 2.75) is 4.90 Å². The van der Waals surface area contributed by atoms with Gasteiger partial charge in [0.1, 0.15) is 0 Å². The third kappa shape index (κ3) is 2.34. The van der Waals surface area contributed by atoms with Crippen molar-refractivity contribution < 1.29 is 23.2 Å². The summed E-state index contributed by atoms with van der Waals surface area (Å²) < 4.78 is 26.6. The van der Waals surface area contributed by atoms with Crippen molar-refractivity contribution >= 4 is 25.4 Å². The van der Waals surface area contributed by atoms with Crippen molar-refractivity contribution in [3.63, 3.8) is 0 Å². The van der Waals surface area contributed by atoms with Crippen LogP contribution in [0.5, 0.6) is 11.5 Å². The zero-order chi connectivity index (χ0) is 12.5. The minimum Gasteiger partial charge on any atom is -0.500 e. The molecule has 0 heterocycles. The van der Waals surface area contributed by atoms with Crippen molar-refractivity contribution in [3.05, 3.63) is 22.2 Å². The first-order valence-electron chi connectivity index (χ1n) is 3.77. The number of nitrogens with zero attached hydrogens (tertiary/aromatic N) is 1. The Morgan fingerprint density at radius 1 is 1.50 bits per heavy atom. The second-order valence-corrected chi connectivity index (χ2v) is 5.25. The molecule has 88 valence electrons. The molecule has 0 aliphatic rings. The second-order valence-electron chi connectivity index (χ2n) is 2.69. The summed E-state index contributed by atoms with van der Waals surface area (Å²) in [5, 5.41) is 19.9. The monoisotopic (exact) mass is 267 g/mol. The average molecular weight is 268 g/mol. The van der Waals surface area contributed by atoms with Crippen molar-refractivity contribution in [3.8, 4) is 11.5 Å². The lowest BCUT2D eigenvalue weighted by Gasteiger charge is -2.05. The summed E-state index contributed by atoms with van der Waals surface area (Å²) in [5.41, 5.74) is -0.793. The van der Waals surface area contributed by atoms with E-state index in [9.17, 15) is 23.6 Å². The Morgan fingerprint density at radius 2 is 2.06 bits per heavy atom. The number of hydrogen-bond donors (Lipinski definition) is 1. The zero-order valence-corrected chi connectivity index (χ0v) is 9.45. The standard InChI is InChI=1S/C7H6ClNO6S/c1-15-6-3-4(16(8,13)14)2-5(7(6)10)9(11)12/h2-3,10H,1H3. The van der Waals surface area contributed by atoms with Gasteiger partial charge in [-0.1, -0.05) is 0 Å². The first-order valence-corrected chi connectivity index (χ1v) is 6.08. The maximum atomic E-state index is 11.0. The van der Waals surface area contributed by atoms with E-state index in [2.05, 4.69) is 4.74 Å². The Hall–Kier alpha value is -1.54. The van der Waals surface area contributed by atoms with E-state index in [0.29, 0.717) is 6.07 Å². The van der Waals surface area contributed by atoms with Crippen LogP contribution in [-0.2, 0) is 9.05 Å². The lowest BCUT2D eigenvalue weighted by atomic mass is 10.3. The van der Waals surface area contributed by atoms with Crippen LogP contribution in [0.2, 0.25) is 0 Å². The van der Waals surface area contributed by atoms with Gasteiger partial charge in [0.15, 0.2) is 5.75 Å². The molecule has 0 saturated carbocycles. The van der Waals surface area contributed by atoms with Gasteiger partial charge in [0, 0.05) is 22.8 Å². The van der Waals surface area contributed by atoms with Gasteiger partial charge in [0.2, 0.25) is 5.75 Å². The summed E-state index contributed by atoms with van der Waals surface area (Å²) in [5.74, 6) is -1.09. The fraction of sp³-hybridized carbons (Fsp3) is 0.143. The normalized spacial score (nSPS) is 11.1. The molecule has 0 bridgehead atoms. The van der Waals surface area contributed by atoms with E-state index in [0.717, 1.165) is 13.2 Å². The van der Waals surface area contributed by atoms with Gasteiger partial charge >= 0.3 is 5.69 Å². The highest BCUT2D eigenvalue weighted by Crippen LogP contribution is 2.38. The molecule has 1 N–H and O–H groups in total. The van der Waals surface area contributed by atoms with E-state index in [-0.39, 0.29) is 5.75 Å². The van der Waals surface area contributed by atoms with Gasteiger partial charge < -0.3 is 9.84 Å². The predicted octanol–water partition coefficient (Wildman–Crippen LogP) is 1.24. The minimum atomic E-state index is -4.13. The largest absolute Gasteiger partial charge is 0.500 e. The van der Waals surface area contributed by atoms with E-state index >= 15 is 0 Å². The minimum absolute atomic E-state index is 0.339. The summed E-state index contributed by atoms with van der Waals surface area (Å²) >= 11 is 0. The quantitative estimate of drug-likeness (QED) is 0.501. The van der Waals surface area contributed by atoms with Gasteiger partial charge in [0.25, 0.3) is 9.05 Å². The maximum Gasteiger partial charge on any atom is 0.316 e. The maximum absolute atomic E-state index is 11.0. The number of methoxy groups -OCH3 is 1. The van der Waals surface area contributed by atoms with Crippen molar-refractivity contribution in [1.82, 2.24) is 0 Å². The van der Waals surface area contributed by atoms with Crippen LogP contribution < -0.4 is 4.74 Å². The molecule has 0 aliphatic heterocycles. The highest BCUT2D eigenvalue weighted by atomic mass is 35.7. The highest BCUT2D eigenvalue weighted by Gasteiger charge is 2.24. The number of nitro groups is 1. The third-order valence-corrected chi connectivity index (χ3v) is 3.06. The second kappa shape index (κ2) is 4.14. The summed E-state index contributed by atoms with van der Waals surface area (Å²) in [7, 11) is 2.03. The van der Waals surface area contributed by atoms with Crippen LogP contribution >= 0.6 is 10.7 Å². The van der Waals surface area contributed by atoms with Crippen molar-refractivity contribution in [1.29, 1.82) is 0 Å². The molecular formula is C7H6ClNO6S. The van der Waals surface area contributed by atoms with Crippen LogP contribution in [0.25, 0.3) is 0 Å². The molecule has 0 spiro atoms. The molecule has 0 atom stereocenters. The van der Waals surface area contributed by atoms with E-state index < -0.39 is 30.3 Å². The molecule has 0 aliphatic carbocycles. The van der Waals surface area contributed by atoms with Crippen LogP contribution in [0.3, 0.4) is 0 Å². The first kappa shape index (κ1) is 12.5. The molecule has 0 unspecified atom stereocenters. The molecule has 0 fully saturated rings. The van der Waals surface area contributed by atoms with E-state index in [1.165, 1.54) is 0 Å². The van der Waals surface area contributed by atoms with Gasteiger partial charge in [-0.3, -0.25) is 10.1 Å². The Morgan fingerprint density at radius 3 is 2.44 bits per heavy atom. The topological polar surface area (TPSA) is 107 Å². The van der Waals surface area contributed by atoms with E-state index in [1.807, 2.05) is 0 Å². The Bertz CT molecular complexity index is 540. The number of aromatic hydroxyl groups is 1. The average Bonchev–Trinajstić information content (AvgIpc) is 2.15. The molecule has 1 aromatic rings. The van der Waals surface area contributed by atoms with Crippen LogP contribution in [0.15, 0.2) is 17.0 Å². The van der Waals surface area contributed by atoms with Gasteiger partial charge in [0.05, 0.1) is 16.9 Å². The van der Waals surface area contributed by atoms with E-state index in [4.69, 9.17) is 10.7 Å². The summed E-state index contributed by atoms with van der Waals surface area (Å²) in [6, 6.07) is 1.55. The Balaban J connectivity index is 3.59. The molecule has 0 radical (unpaired) electrons. The van der Waals surface area contributed by atoms with Gasteiger partial charge in [-0.15, -0.1) is 0 Å². The molecule has 16 heavy (non-hydrogen) atoms. The lowest BCUT2D eigenvalue weighted by Crippen LogP contribution is -1.97. The number of rotatable bonds is 3. The number of hydrogen-bond acceptors (Lipinski definition) is 6. The molecule has 0 saturated heterocycles. The predicted molar refractivity (Wildman–Crippen MR) is 54.4 cm³/mol. The fourth-order valence-electron chi connectivity index (χ4n) is 1.00. The van der Waals surface area contributed by atoms with Crippen LogP contribution in [-0.4, -0.2) is 25.6 Å².